The van der Waals surface area contributed by atoms with Crippen LogP contribution in [-0.4, -0.2) is 73.6 Å². The van der Waals surface area contributed by atoms with Gasteiger partial charge < -0.3 is 40.7 Å². The van der Waals surface area contributed by atoms with Gasteiger partial charge in [-0.2, -0.15) is 0 Å². The van der Waals surface area contributed by atoms with Crippen molar-refractivity contribution in [3.8, 4) is 5.75 Å². The van der Waals surface area contributed by atoms with E-state index in [1.165, 1.54) is 18.5 Å². The first-order valence-electron chi connectivity index (χ1n) is 14.9. The molecule has 0 aliphatic carbocycles. The zero-order chi connectivity index (χ0) is 32.6. The first-order chi connectivity index (χ1) is 22.4. The Bertz CT molecular complexity index is 1510. The van der Waals surface area contributed by atoms with Gasteiger partial charge in [0.15, 0.2) is 0 Å². The molecule has 2 atom stereocenters. The maximum atomic E-state index is 13.1. The first kappa shape index (κ1) is 33.2. The number of aromatic amines is 1. The molecule has 2 aromatic carbocycles. The molecule has 0 spiro atoms. The third kappa shape index (κ3) is 11.4. The second-order valence-corrected chi connectivity index (χ2v) is 10.5. The molecule has 0 fully saturated rings. The number of carbonyl (C=O) groups is 4. The summed E-state index contributed by atoms with van der Waals surface area (Å²) < 4.78 is 7.17. The average molecular weight is 631 g/mol. The van der Waals surface area contributed by atoms with Crippen molar-refractivity contribution in [3.05, 3.63) is 103 Å². The van der Waals surface area contributed by atoms with Crippen LogP contribution >= 0.6 is 0 Å². The van der Waals surface area contributed by atoms with Crippen molar-refractivity contribution >= 4 is 23.8 Å². The van der Waals surface area contributed by atoms with Crippen LogP contribution in [0.2, 0.25) is 0 Å². The number of nitrogens with one attached hydrogen (secondary N) is 5. The lowest BCUT2D eigenvalue weighted by molar-refractivity contribution is -0.129. The summed E-state index contributed by atoms with van der Waals surface area (Å²) in [5.41, 5.74) is 2.16. The summed E-state index contributed by atoms with van der Waals surface area (Å²) in [7, 11) is 0. The molecular formula is C32H38N8O6. The highest BCUT2D eigenvalue weighted by Gasteiger charge is 2.24. The molecule has 0 saturated heterocycles. The minimum atomic E-state index is -0.998. The maximum absolute atomic E-state index is 13.1. The Labute approximate surface area is 266 Å². The highest BCUT2D eigenvalue weighted by molar-refractivity contribution is 5.89. The van der Waals surface area contributed by atoms with E-state index in [2.05, 4.69) is 36.2 Å². The summed E-state index contributed by atoms with van der Waals surface area (Å²) in [5, 5.41) is 20.5. The molecular weight excluding hydrogens is 592 g/mol. The van der Waals surface area contributed by atoms with E-state index in [1.807, 2.05) is 41.1 Å². The lowest BCUT2D eigenvalue weighted by Crippen LogP contribution is -2.50. The number of aryl methyl sites for hydroxylation is 1. The van der Waals surface area contributed by atoms with E-state index in [-0.39, 0.29) is 44.1 Å². The number of alkyl carbamates (subject to hydrolysis) is 1. The highest BCUT2D eigenvalue weighted by Crippen LogP contribution is 2.12. The number of aromatic hydroxyl groups is 1. The molecule has 46 heavy (non-hydrogen) atoms. The monoisotopic (exact) mass is 630 g/mol. The number of imidazole rings is 2. The highest BCUT2D eigenvalue weighted by atomic mass is 16.5. The Kier molecular flexibility index (Phi) is 12.7. The van der Waals surface area contributed by atoms with Gasteiger partial charge >= 0.3 is 6.09 Å². The van der Waals surface area contributed by atoms with Crippen molar-refractivity contribution < 1.29 is 29.0 Å². The van der Waals surface area contributed by atoms with E-state index >= 15 is 0 Å². The van der Waals surface area contributed by atoms with Gasteiger partial charge in [-0.15, -0.1) is 0 Å². The van der Waals surface area contributed by atoms with Gasteiger partial charge in [0.25, 0.3) is 0 Å². The Morgan fingerprint density at radius 3 is 2.30 bits per heavy atom. The lowest BCUT2D eigenvalue weighted by atomic mass is 10.0. The molecule has 0 bridgehead atoms. The molecule has 2 heterocycles. The van der Waals surface area contributed by atoms with Crippen LogP contribution < -0.4 is 21.3 Å². The van der Waals surface area contributed by atoms with Gasteiger partial charge in [0.05, 0.1) is 12.7 Å². The number of aromatic nitrogens is 4. The number of ether oxygens (including phenoxy) is 1. The molecule has 0 radical (unpaired) electrons. The second-order valence-electron chi connectivity index (χ2n) is 10.5. The SMILES string of the molecule is O=C(CCNC(=O)[C@H](Cc1cnc[nH]1)NC(=O)OCc1ccccc1)N[C@@H](Cc1ccc(O)cc1)C(=O)NCCCn1ccnc1. The van der Waals surface area contributed by atoms with E-state index in [1.54, 1.807) is 30.9 Å². The number of phenols is 1. The van der Waals surface area contributed by atoms with Gasteiger partial charge in [0.1, 0.15) is 24.4 Å². The third-order valence-corrected chi connectivity index (χ3v) is 6.93. The summed E-state index contributed by atoms with van der Waals surface area (Å²) in [4.78, 5) is 62.4. The minimum Gasteiger partial charge on any atom is -0.508 e. The number of phenolic OH excluding ortho intramolecular Hbond substituents is 1. The Hall–Kier alpha value is -5.66. The van der Waals surface area contributed by atoms with Crippen LogP contribution in [0.4, 0.5) is 4.79 Å². The molecule has 6 N–H and O–H groups in total. The van der Waals surface area contributed by atoms with E-state index in [0.29, 0.717) is 25.2 Å². The van der Waals surface area contributed by atoms with Crippen molar-refractivity contribution in [1.29, 1.82) is 0 Å². The summed E-state index contributed by atoms with van der Waals surface area (Å²) in [6, 6.07) is 13.6. The van der Waals surface area contributed by atoms with Gasteiger partial charge in [0.2, 0.25) is 17.7 Å². The molecule has 4 aromatic rings. The fraction of sp³-hybridized carbons (Fsp3) is 0.312. The predicted octanol–water partition coefficient (Wildman–Crippen LogP) is 1.59. The fourth-order valence-corrected chi connectivity index (χ4v) is 4.51. The number of amides is 4. The number of hydrogen-bond acceptors (Lipinski definition) is 8. The average Bonchev–Trinajstić information content (AvgIpc) is 3.78. The molecule has 14 heteroatoms. The van der Waals surface area contributed by atoms with Crippen LogP contribution in [0, 0.1) is 0 Å². The van der Waals surface area contributed by atoms with Crippen molar-refractivity contribution in [2.24, 2.45) is 0 Å². The van der Waals surface area contributed by atoms with Crippen molar-refractivity contribution in [1.82, 2.24) is 40.8 Å². The third-order valence-electron chi connectivity index (χ3n) is 6.93. The van der Waals surface area contributed by atoms with Crippen LogP contribution in [0.15, 0.2) is 85.8 Å². The summed E-state index contributed by atoms with van der Waals surface area (Å²) in [5.74, 6) is -1.23. The van der Waals surface area contributed by atoms with Crippen LogP contribution in [0.5, 0.6) is 5.75 Å². The number of hydrogen-bond donors (Lipinski definition) is 6. The largest absolute Gasteiger partial charge is 0.508 e. The number of rotatable bonds is 17. The summed E-state index contributed by atoms with van der Waals surface area (Å²) in [6.45, 7) is 1.07. The molecule has 4 amide bonds. The van der Waals surface area contributed by atoms with Gasteiger partial charge in [-0.1, -0.05) is 42.5 Å². The van der Waals surface area contributed by atoms with Crippen molar-refractivity contribution in [2.45, 2.75) is 50.9 Å². The normalized spacial score (nSPS) is 12.0. The van der Waals surface area contributed by atoms with Crippen molar-refractivity contribution in [3.63, 3.8) is 0 Å². The first-order valence-corrected chi connectivity index (χ1v) is 14.9. The zero-order valence-corrected chi connectivity index (χ0v) is 25.2. The minimum absolute atomic E-state index is 0.0364. The maximum Gasteiger partial charge on any atom is 0.408 e. The molecule has 0 aliphatic heterocycles. The number of carbonyl (C=O) groups excluding carboxylic acids is 4. The molecule has 4 rings (SSSR count). The Morgan fingerprint density at radius 2 is 1.61 bits per heavy atom. The molecule has 14 nitrogen and oxygen atoms in total. The number of H-pyrrole nitrogens is 1. The zero-order valence-electron chi connectivity index (χ0n) is 25.2. The lowest BCUT2D eigenvalue weighted by Gasteiger charge is -2.20. The standard InChI is InChI=1S/C32H38N8O6/c41-26-9-7-23(8-10-26)17-27(30(43)35-12-4-15-40-16-14-33-22-40)38-29(42)11-13-36-31(44)28(18-25-19-34-21-37-25)39-32(45)46-20-24-5-2-1-3-6-24/h1-3,5-10,14,16,19,21-22,27-28,41H,4,11-13,15,17-18,20H2,(H,34,37)(H,35,43)(H,36,44)(H,38,42)(H,39,45)/t27-,28-/m0/s1. The fourth-order valence-electron chi connectivity index (χ4n) is 4.51. The van der Waals surface area contributed by atoms with Gasteiger partial charge in [0, 0.05) is 63.2 Å². The van der Waals surface area contributed by atoms with Gasteiger partial charge in [-0.05, 0) is 29.7 Å². The number of benzene rings is 2. The molecule has 0 saturated carbocycles. The quantitative estimate of drug-likeness (QED) is 0.0947. The second kappa shape index (κ2) is 17.6. The Morgan fingerprint density at radius 1 is 0.870 bits per heavy atom. The molecule has 0 aliphatic rings. The predicted molar refractivity (Wildman–Crippen MR) is 167 cm³/mol. The van der Waals surface area contributed by atoms with Crippen molar-refractivity contribution in [2.75, 3.05) is 13.1 Å². The van der Waals surface area contributed by atoms with Crippen LogP contribution in [0.3, 0.4) is 0 Å². The van der Waals surface area contributed by atoms with Crippen LogP contribution in [0.1, 0.15) is 29.7 Å². The Balaban J connectivity index is 1.28. The smallest absolute Gasteiger partial charge is 0.408 e. The number of nitrogens with zero attached hydrogens (tertiary/aromatic N) is 3. The summed E-state index contributed by atoms with van der Waals surface area (Å²) in [6.07, 6.45) is 8.33. The van der Waals surface area contributed by atoms with E-state index < -0.39 is 30.0 Å². The van der Waals surface area contributed by atoms with E-state index in [0.717, 1.165) is 11.1 Å². The molecule has 0 unspecified atom stereocenters. The van der Waals surface area contributed by atoms with E-state index in [4.69, 9.17) is 4.74 Å². The van der Waals surface area contributed by atoms with E-state index in [9.17, 15) is 24.3 Å². The molecule has 2 aromatic heterocycles. The van der Waals surface area contributed by atoms with Crippen LogP contribution in [-0.2, 0) is 45.1 Å². The summed E-state index contributed by atoms with van der Waals surface area (Å²) >= 11 is 0. The van der Waals surface area contributed by atoms with Crippen LogP contribution in [0.25, 0.3) is 0 Å². The van der Waals surface area contributed by atoms with Gasteiger partial charge in [-0.3, -0.25) is 14.4 Å². The molecule has 242 valence electrons. The topological polar surface area (TPSA) is 192 Å². The van der Waals surface area contributed by atoms with Gasteiger partial charge in [-0.25, -0.2) is 14.8 Å².